The minimum Gasteiger partial charge on any atom is -0.475 e. The highest BCUT2D eigenvalue weighted by Crippen LogP contribution is 2.25. The lowest BCUT2D eigenvalue weighted by Crippen LogP contribution is -2.35. The van der Waals surface area contributed by atoms with Crippen molar-refractivity contribution in [3.63, 3.8) is 0 Å². The number of carbonyl (C=O) groups is 2. The molecule has 0 radical (unpaired) electrons. The Morgan fingerprint density at radius 3 is 2.70 bits per heavy atom. The molecule has 2 rings (SSSR count). The molecule has 0 bridgehead atoms. The van der Waals surface area contributed by atoms with E-state index in [9.17, 15) is 9.59 Å². The molecule has 0 saturated heterocycles. The van der Waals surface area contributed by atoms with Crippen molar-refractivity contribution in [1.82, 2.24) is 10.6 Å². The third-order valence-corrected chi connectivity index (χ3v) is 2.80. The maximum atomic E-state index is 11.2. The lowest BCUT2D eigenvalue weighted by molar-refractivity contribution is 0.0663. The van der Waals surface area contributed by atoms with Crippen LogP contribution in [0, 0.1) is 0 Å². The minimum atomic E-state index is -1.10. The van der Waals surface area contributed by atoms with Crippen LogP contribution in [0.1, 0.15) is 16.1 Å². The summed E-state index contributed by atoms with van der Waals surface area (Å²) in [6, 6.07) is 6.54. The number of carboxylic acids is 1. The second kappa shape index (κ2) is 6.07. The molecule has 0 fully saturated rings. The van der Waals surface area contributed by atoms with Crippen molar-refractivity contribution in [2.24, 2.45) is 5.73 Å². The van der Waals surface area contributed by atoms with Crippen molar-refractivity contribution in [2.45, 2.75) is 6.54 Å². The molecule has 7 heteroatoms. The molecule has 7 nitrogen and oxygen atoms in total. The van der Waals surface area contributed by atoms with Crippen LogP contribution in [0.5, 0.6) is 0 Å². The third kappa shape index (κ3) is 3.07. The van der Waals surface area contributed by atoms with Gasteiger partial charge in [-0.25, -0.2) is 9.59 Å². The SMILES string of the molecule is NC(=O)NCCNCc1c(C(=O)O)oc2ccccc12. The molecule has 0 aliphatic rings. The standard InChI is InChI=1S/C13H15N3O4/c14-13(19)16-6-5-15-7-9-8-3-1-2-4-10(8)20-11(9)12(17)18/h1-4,15H,5-7H2,(H,17,18)(H3,14,16,19). The van der Waals surface area contributed by atoms with Crippen molar-refractivity contribution in [2.75, 3.05) is 13.1 Å². The van der Waals surface area contributed by atoms with Crippen molar-refractivity contribution in [1.29, 1.82) is 0 Å². The van der Waals surface area contributed by atoms with Gasteiger partial charge in [-0.1, -0.05) is 18.2 Å². The minimum absolute atomic E-state index is 0.0680. The Bertz CT molecular complexity index is 636. The zero-order valence-electron chi connectivity index (χ0n) is 10.7. The normalized spacial score (nSPS) is 10.6. The summed E-state index contributed by atoms with van der Waals surface area (Å²) in [6.45, 7) is 1.17. The molecular weight excluding hydrogens is 262 g/mol. The predicted octanol–water partition coefficient (Wildman–Crippen LogP) is 0.889. The summed E-state index contributed by atoms with van der Waals surface area (Å²) in [5.41, 5.74) is 6.07. The van der Waals surface area contributed by atoms with Gasteiger partial charge in [0.15, 0.2) is 0 Å². The fourth-order valence-electron chi connectivity index (χ4n) is 1.93. The van der Waals surface area contributed by atoms with E-state index in [4.69, 9.17) is 15.3 Å². The number of hydrogen-bond donors (Lipinski definition) is 4. The van der Waals surface area contributed by atoms with Gasteiger partial charge in [-0.2, -0.15) is 0 Å². The van der Waals surface area contributed by atoms with Crippen LogP contribution in [0.25, 0.3) is 11.0 Å². The summed E-state index contributed by atoms with van der Waals surface area (Å²) in [4.78, 5) is 21.7. The molecule has 0 saturated carbocycles. The number of rotatable bonds is 6. The Kier molecular flexibility index (Phi) is 4.21. The largest absolute Gasteiger partial charge is 0.475 e. The average Bonchev–Trinajstić information content (AvgIpc) is 2.77. The van der Waals surface area contributed by atoms with Gasteiger partial charge in [0, 0.05) is 30.6 Å². The summed E-state index contributed by atoms with van der Waals surface area (Å²) in [5.74, 6) is -1.17. The van der Waals surface area contributed by atoms with Gasteiger partial charge in [-0.05, 0) is 6.07 Å². The molecule has 1 aromatic carbocycles. The number of para-hydroxylation sites is 1. The molecule has 0 spiro atoms. The quantitative estimate of drug-likeness (QED) is 0.585. The highest BCUT2D eigenvalue weighted by molar-refractivity contribution is 5.95. The maximum absolute atomic E-state index is 11.2. The van der Waals surface area contributed by atoms with E-state index in [1.54, 1.807) is 12.1 Å². The van der Waals surface area contributed by atoms with Gasteiger partial charge in [0.05, 0.1) is 0 Å². The fourth-order valence-corrected chi connectivity index (χ4v) is 1.93. The number of urea groups is 1. The summed E-state index contributed by atoms with van der Waals surface area (Å²) < 4.78 is 5.33. The molecule has 20 heavy (non-hydrogen) atoms. The number of fused-ring (bicyclic) bond motifs is 1. The van der Waals surface area contributed by atoms with E-state index in [1.165, 1.54) is 0 Å². The van der Waals surface area contributed by atoms with Crippen molar-refractivity contribution in [3.05, 3.63) is 35.6 Å². The third-order valence-electron chi connectivity index (χ3n) is 2.80. The van der Waals surface area contributed by atoms with Crippen molar-refractivity contribution >= 4 is 23.0 Å². The smallest absolute Gasteiger partial charge is 0.372 e. The Hall–Kier alpha value is -2.54. The molecule has 5 N–H and O–H groups in total. The zero-order valence-corrected chi connectivity index (χ0v) is 10.7. The van der Waals surface area contributed by atoms with Gasteiger partial charge < -0.3 is 25.9 Å². The van der Waals surface area contributed by atoms with Gasteiger partial charge in [-0.3, -0.25) is 0 Å². The number of primary amides is 1. The molecule has 0 unspecified atom stereocenters. The van der Waals surface area contributed by atoms with E-state index < -0.39 is 12.0 Å². The van der Waals surface area contributed by atoms with Crippen LogP contribution in [-0.4, -0.2) is 30.2 Å². The van der Waals surface area contributed by atoms with Crippen LogP contribution in [-0.2, 0) is 6.54 Å². The first kappa shape index (κ1) is 13.9. The number of hydrogen-bond acceptors (Lipinski definition) is 4. The van der Waals surface area contributed by atoms with Crippen LogP contribution >= 0.6 is 0 Å². The Morgan fingerprint density at radius 2 is 2.00 bits per heavy atom. The first-order chi connectivity index (χ1) is 9.59. The summed E-state index contributed by atoms with van der Waals surface area (Å²) in [5, 5.41) is 15.4. The number of nitrogens with two attached hydrogens (primary N) is 1. The number of amides is 2. The van der Waals surface area contributed by atoms with Crippen molar-refractivity contribution in [3.8, 4) is 0 Å². The molecule has 2 amide bonds. The van der Waals surface area contributed by atoms with Crippen LogP contribution in [0.2, 0.25) is 0 Å². The number of benzene rings is 1. The lowest BCUT2D eigenvalue weighted by atomic mass is 10.1. The summed E-state index contributed by atoms with van der Waals surface area (Å²) in [7, 11) is 0. The fraction of sp³-hybridized carbons (Fsp3) is 0.231. The average molecular weight is 277 g/mol. The van der Waals surface area contributed by atoms with Gasteiger partial charge in [-0.15, -0.1) is 0 Å². The molecule has 0 aliphatic heterocycles. The van der Waals surface area contributed by atoms with E-state index in [1.807, 2.05) is 12.1 Å². The number of carbonyl (C=O) groups excluding carboxylic acids is 1. The number of carboxylic acid groups (broad SMARTS) is 1. The van der Waals surface area contributed by atoms with Gasteiger partial charge >= 0.3 is 12.0 Å². The molecule has 106 valence electrons. The topological polar surface area (TPSA) is 118 Å². The van der Waals surface area contributed by atoms with Crippen LogP contribution < -0.4 is 16.4 Å². The Balaban J connectivity index is 2.09. The molecule has 1 aromatic heterocycles. The molecule has 0 atom stereocenters. The highest BCUT2D eigenvalue weighted by Gasteiger charge is 2.18. The summed E-state index contributed by atoms with van der Waals surface area (Å²) >= 11 is 0. The first-order valence-electron chi connectivity index (χ1n) is 6.07. The number of furan rings is 1. The number of nitrogens with one attached hydrogen (secondary N) is 2. The zero-order chi connectivity index (χ0) is 14.5. The van der Waals surface area contributed by atoms with E-state index in [-0.39, 0.29) is 5.76 Å². The van der Waals surface area contributed by atoms with E-state index >= 15 is 0 Å². The molecular formula is C13H15N3O4. The molecule has 2 aromatic rings. The summed E-state index contributed by atoms with van der Waals surface area (Å²) in [6.07, 6.45) is 0. The highest BCUT2D eigenvalue weighted by atomic mass is 16.4. The van der Waals surface area contributed by atoms with Crippen LogP contribution in [0.15, 0.2) is 28.7 Å². The van der Waals surface area contributed by atoms with E-state index in [0.717, 1.165) is 5.39 Å². The van der Waals surface area contributed by atoms with Crippen LogP contribution in [0.4, 0.5) is 4.79 Å². The number of aromatic carboxylic acids is 1. The predicted molar refractivity (Wildman–Crippen MR) is 72.5 cm³/mol. The monoisotopic (exact) mass is 277 g/mol. The van der Waals surface area contributed by atoms with Crippen molar-refractivity contribution < 1.29 is 19.1 Å². The lowest BCUT2D eigenvalue weighted by Gasteiger charge is -2.04. The Labute approximate surface area is 114 Å². The first-order valence-corrected chi connectivity index (χ1v) is 6.07. The second-order valence-electron chi connectivity index (χ2n) is 4.18. The van der Waals surface area contributed by atoms with Crippen LogP contribution in [0.3, 0.4) is 0 Å². The molecule has 0 aliphatic carbocycles. The van der Waals surface area contributed by atoms with E-state index in [2.05, 4.69) is 10.6 Å². The van der Waals surface area contributed by atoms with Gasteiger partial charge in [0.2, 0.25) is 5.76 Å². The van der Waals surface area contributed by atoms with E-state index in [0.29, 0.717) is 30.8 Å². The molecule has 1 heterocycles. The van der Waals surface area contributed by atoms with Gasteiger partial charge in [0.1, 0.15) is 5.58 Å². The van der Waals surface area contributed by atoms with Gasteiger partial charge in [0.25, 0.3) is 0 Å². The maximum Gasteiger partial charge on any atom is 0.372 e. The Morgan fingerprint density at radius 1 is 1.25 bits per heavy atom. The second-order valence-corrected chi connectivity index (χ2v) is 4.18.